The minimum atomic E-state index is -0.527. The van der Waals surface area contributed by atoms with Gasteiger partial charge in [0.25, 0.3) is 5.91 Å². The lowest BCUT2D eigenvalue weighted by molar-refractivity contribution is -0.117. The van der Waals surface area contributed by atoms with E-state index in [1.165, 1.54) is 16.7 Å². The molecule has 0 unspecified atom stereocenters. The van der Waals surface area contributed by atoms with E-state index in [2.05, 4.69) is 11.4 Å². The Hall–Kier alpha value is -3.82. The molecule has 1 fully saturated rings. The normalized spacial score (nSPS) is 16.9. The topological polar surface area (TPSA) is 73.2 Å². The molecule has 1 aliphatic rings. The maximum absolute atomic E-state index is 13.6. The fourth-order valence-corrected chi connectivity index (χ4v) is 5.05. The number of anilines is 2. The zero-order chi connectivity index (χ0) is 23.4. The van der Waals surface area contributed by atoms with Crippen molar-refractivity contribution in [2.75, 3.05) is 10.2 Å². The monoisotopic (exact) mass is 453 g/mol. The van der Waals surface area contributed by atoms with E-state index in [0.29, 0.717) is 22.8 Å². The highest BCUT2D eigenvalue weighted by Gasteiger charge is 2.41. The first-order valence-electron chi connectivity index (χ1n) is 10.6. The zero-order valence-electron chi connectivity index (χ0n) is 18.4. The van der Waals surface area contributed by atoms with Crippen LogP contribution >= 0.6 is 11.8 Å². The number of amides is 2. The molecule has 0 radical (unpaired) electrons. The molecule has 33 heavy (non-hydrogen) atoms. The lowest BCUT2D eigenvalue weighted by Gasteiger charge is -2.20. The number of rotatable bonds is 5. The fourth-order valence-electron chi connectivity index (χ4n) is 3.75. The summed E-state index contributed by atoms with van der Waals surface area (Å²) in [6.07, 6.45) is 0.508. The fraction of sp³-hybridized carbons (Fsp3) is 0.148. The average molecular weight is 454 g/mol. The van der Waals surface area contributed by atoms with Gasteiger partial charge >= 0.3 is 0 Å². The predicted molar refractivity (Wildman–Crippen MR) is 133 cm³/mol. The summed E-state index contributed by atoms with van der Waals surface area (Å²) in [6.45, 7) is 3.80. The van der Waals surface area contributed by atoms with Crippen LogP contribution in [0.25, 0.3) is 0 Å². The molecule has 6 heteroatoms. The Balaban J connectivity index is 1.76. The van der Waals surface area contributed by atoms with Gasteiger partial charge in [-0.1, -0.05) is 78.5 Å². The van der Waals surface area contributed by atoms with Gasteiger partial charge < -0.3 is 5.32 Å². The van der Waals surface area contributed by atoms with E-state index in [9.17, 15) is 14.9 Å². The number of carbonyl (C=O) groups excluding carboxylic acids is 2. The van der Waals surface area contributed by atoms with Crippen molar-refractivity contribution in [1.82, 2.24) is 0 Å². The van der Waals surface area contributed by atoms with E-state index in [1.54, 1.807) is 6.07 Å². The summed E-state index contributed by atoms with van der Waals surface area (Å²) in [5.41, 5.74) is 4.04. The van der Waals surface area contributed by atoms with Crippen molar-refractivity contribution in [3.05, 3.63) is 106 Å². The Morgan fingerprint density at radius 2 is 1.61 bits per heavy atom. The predicted octanol–water partition coefficient (Wildman–Crippen LogP) is 5.37. The molecule has 3 aromatic rings. The molecule has 0 spiro atoms. The van der Waals surface area contributed by atoms with E-state index in [1.807, 2.05) is 86.6 Å². The van der Waals surface area contributed by atoms with Gasteiger partial charge in [0.15, 0.2) is 0 Å². The number of para-hydroxylation sites is 2. The number of aryl methyl sites for hydroxylation is 2. The third-order valence-corrected chi connectivity index (χ3v) is 6.78. The lowest BCUT2D eigenvalue weighted by atomic mass is 10.1. The Labute approximate surface area is 197 Å². The smallest absolute Gasteiger partial charge is 0.269 e. The Morgan fingerprint density at radius 1 is 0.970 bits per heavy atom. The zero-order valence-corrected chi connectivity index (χ0v) is 19.2. The molecule has 1 saturated heterocycles. The molecule has 164 valence electrons. The molecule has 0 aliphatic carbocycles. The van der Waals surface area contributed by atoms with Crippen molar-refractivity contribution >= 4 is 35.0 Å². The molecular weight excluding hydrogens is 430 g/mol. The summed E-state index contributed by atoms with van der Waals surface area (Å²) < 4.78 is 0. The highest BCUT2D eigenvalue weighted by Crippen LogP contribution is 2.43. The molecule has 1 aliphatic heterocycles. The SMILES string of the molecule is Cc1ccccc1NC(=O)/C(C#N)=C1\S[C@H](Cc2ccccc2)C(=O)N1c1ccccc1C. The van der Waals surface area contributed by atoms with Gasteiger partial charge in [-0.3, -0.25) is 14.5 Å². The van der Waals surface area contributed by atoms with Crippen LogP contribution in [0, 0.1) is 25.2 Å². The molecule has 1 heterocycles. The van der Waals surface area contributed by atoms with Crippen molar-refractivity contribution in [3.8, 4) is 6.07 Å². The second-order valence-corrected chi connectivity index (χ2v) is 9.01. The molecule has 3 aromatic carbocycles. The number of nitriles is 1. The number of benzene rings is 3. The van der Waals surface area contributed by atoms with Crippen LogP contribution < -0.4 is 10.2 Å². The van der Waals surface area contributed by atoms with Gasteiger partial charge in [0.1, 0.15) is 16.7 Å². The summed E-state index contributed by atoms with van der Waals surface area (Å²) >= 11 is 1.27. The van der Waals surface area contributed by atoms with Gasteiger partial charge in [-0.15, -0.1) is 0 Å². The van der Waals surface area contributed by atoms with Crippen LogP contribution in [0.4, 0.5) is 11.4 Å². The standard InChI is InChI=1S/C27H23N3O2S/c1-18-10-6-8-14-22(18)29-25(31)21(17-28)27-30(23-15-9-7-11-19(23)2)26(32)24(33-27)16-20-12-4-3-5-13-20/h3-15,24H,16H2,1-2H3,(H,29,31)/b27-21-/t24-/m1/s1. The molecule has 0 saturated carbocycles. The van der Waals surface area contributed by atoms with Crippen LogP contribution in [-0.2, 0) is 16.0 Å². The molecule has 0 aromatic heterocycles. The van der Waals surface area contributed by atoms with Gasteiger partial charge in [0.2, 0.25) is 5.91 Å². The van der Waals surface area contributed by atoms with Crippen LogP contribution in [0.5, 0.6) is 0 Å². The third-order valence-electron chi connectivity index (χ3n) is 5.52. The van der Waals surface area contributed by atoms with Gasteiger partial charge in [-0.05, 0) is 49.1 Å². The number of thioether (sulfide) groups is 1. The summed E-state index contributed by atoms with van der Waals surface area (Å²) in [4.78, 5) is 28.3. The number of hydrogen-bond acceptors (Lipinski definition) is 4. The third kappa shape index (κ3) is 4.69. The summed E-state index contributed by atoms with van der Waals surface area (Å²) in [5, 5.41) is 12.7. The van der Waals surface area contributed by atoms with E-state index in [-0.39, 0.29) is 11.5 Å². The van der Waals surface area contributed by atoms with Crippen molar-refractivity contribution < 1.29 is 9.59 Å². The van der Waals surface area contributed by atoms with Gasteiger partial charge in [-0.25, -0.2) is 0 Å². The average Bonchev–Trinajstić information content (AvgIpc) is 3.12. The lowest BCUT2D eigenvalue weighted by Crippen LogP contribution is -2.31. The van der Waals surface area contributed by atoms with E-state index < -0.39 is 11.2 Å². The second kappa shape index (κ2) is 9.76. The molecule has 1 N–H and O–H groups in total. The van der Waals surface area contributed by atoms with Crippen molar-refractivity contribution in [2.24, 2.45) is 0 Å². The highest BCUT2D eigenvalue weighted by molar-refractivity contribution is 8.05. The maximum atomic E-state index is 13.6. The maximum Gasteiger partial charge on any atom is 0.269 e. The first kappa shape index (κ1) is 22.4. The Bertz CT molecular complexity index is 1280. The number of nitrogens with zero attached hydrogens (tertiary/aromatic N) is 2. The highest BCUT2D eigenvalue weighted by atomic mass is 32.2. The van der Waals surface area contributed by atoms with Gasteiger partial charge in [0.05, 0.1) is 10.9 Å². The van der Waals surface area contributed by atoms with E-state index in [0.717, 1.165) is 16.7 Å². The quantitative estimate of drug-likeness (QED) is 0.416. The van der Waals surface area contributed by atoms with Crippen LogP contribution in [-0.4, -0.2) is 17.1 Å². The summed E-state index contributed by atoms with van der Waals surface area (Å²) in [7, 11) is 0. The van der Waals surface area contributed by atoms with E-state index in [4.69, 9.17) is 0 Å². The van der Waals surface area contributed by atoms with Crippen molar-refractivity contribution in [3.63, 3.8) is 0 Å². The van der Waals surface area contributed by atoms with Crippen molar-refractivity contribution in [1.29, 1.82) is 5.26 Å². The number of carbonyl (C=O) groups is 2. The first-order chi connectivity index (χ1) is 16.0. The Morgan fingerprint density at radius 3 is 2.27 bits per heavy atom. The van der Waals surface area contributed by atoms with Gasteiger partial charge in [-0.2, -0.15) is 5.26 Å². The van der Waals surface area contributed by atoms with Crippen LogP contribution in [0.3, 0.4) is 0 Å². The largest absolute Gasteiger partial charge is 0.321 e. The van der Waals surface area contributed by atoms with Crippen LogP contribution in [0.15, 0.2) is 89.5 Å². The number of hydrogen-bond donors (Lipinski definition) is 1. The minimum absolute atomic E-state index is 0.0737. The molecule has 4 rings (SSSR count). The molecule has 5 nitrogen and oxygen atoms in total. The van der Waals surface area contributed by atoms with Crippen molar-refractivity contribution in [2.45, 2.75) is 25.5 Å². The first-order valence-corrected chi connectivity index (χ1v) is 11.5. The molecule has 2 amide bonds. The van der Waals surface area contributed by atoms with Gasteiger partial charge in [0, 0.05) is 5.69 Å². The molecule has 0 bridgehead atoms. The minimum Gasteiger partial charge on any atom is -0.321 e. The van der Waals surface area contributed by atoms with E-state index >= 15 is 0 Å². The molecule has 1 atom stereocenters. The second-order valence-electron chi connectivity index (χ2n) is 7.82. The Kier molecular flexibility index (Phi) is 6.62. The van der Waals surface area contributed by atoms with Crippen LogP contribution in [0.1, 0.15) is 16.7 Å². The summed E-state index contributed by atoms with van der Waals surface area (Å²) in [6, 6.07) is 26.7. The summed E-state index contributed by atoms with van der Waals surface area (Å²) in [5.74, 6) is -0.661. The molecular formula is C27H23N3O2S. The van der Waals surface area contributed by atoms with Crippen LogP contribution in [0.2, 0.25) is 0 Å². The number of nitrogens with one attached hydrogen (secondary N) is 1.